The molecular weight excluding hydrogens is 264 g/mol. The lowest BCUT2D eigenvalue weighted by Gasteiger charge is -2.11. The van der Waals surface area contributed by atoms with Crippen LogP contribution < -0.4 is 0 Å². The predicted octanol–water partition coefficient (Wildman–Crippen LogP) is 4.69. The average Bonchev–Trinajstić information content (AvgIpc) is 2.38. The van der Waals surface area contributed by atoms with Crippen LogP contribution in [0.1, 0.15) is 24.2 Å². The van der Waals surface area contributed by atoms with Gasteiger partial charge < -0.3 is 5.11 Å². The summed E-state index contributed by atoms with van der Waals surface area (Å²) in [5.41, 5.74) is 2.08. The van der Waals surface area contributed by atoms with Crippen molar-refractivity contribution in [2.45, 2.75) is 23.7 Å². The molecule has 1 nitrogen and oxygen atoms in total. The SMILES string of the molecule is C[C@H](O)c1ccccc1SCc1ccccc1Cl. The molecule has 2 rings (SSSR count). The molecule has 0 saturated heterocycles. The molecule has 3 heteroatoms. The molecule has 1 N–H and O–H groups in total. The van der Waals surface area contributed by atoms with Gasteiger partial charge >= 0.3 is 0 Å². The first-order chi connectivity index (χ1) is 8.68. The van der Waals surface area contributed by atoms with Gasteiger partial charge in [0.2, 0.25) is 0 Å². The van der Waals surface area contributed by atoms with Crippen molar-refractivity contribution in [2.24, 2.45) is 0 Å². The van der Waals surface area contributed by atoms with Gasteiger partial charge in [-0.15, -0.1) is 11.8 Å². The van der Waals surface area contributed by atoms with Crippen molar-refractivity contribution in [2.75, 3.05) is 0 Å². The first-order valence-electron chi connectivity index (χ1n) is 5.81. The second-order valence-electron chi connectivity index (χ2n) is 4.09. The van der Waals surface area contributed by atoms with Crippen molar-refractivity contribution >= 4 is 23.4 Å². The van der Waals surface area contributed by atoms with Gasteiger partial charge in [0.15, 0.2) is 0 Å². The third-order valence-corrected chi connectivity index (χ3v) is 4.22. The van der Waals surface area contributed by atoms with E-state index in [0.717, 1.165) is 26.8 Å². The van der Waals surface area contributed by atoms with Crippen LogP contribution in [0.4, 0.5) is 0 Å². The fraction of sp³-hybridized carbons (Fsp3) is 0.200. The molecule has 0 fully saturated rings. The van der Waals surface area contributed by atoms with Gasteiger partial charge in [-0.05, 0) is 30.2 Å². The highest BCUT2D eigenvalue weighted by Crippen LogP contribution is 2.31. The Morgan fingerprint density at radius 1 is 1.11 bits per heavy atom. The molecule has 2 aromatic rings. The molecule has 2 aromatic carbocycles. The van der Waals surface area contributed by atoms with E-state index in [0.29, 0.717) is 0 Å². The molecule has 18 heavy (non-hydrogen) atoms. The molecule has 0 aliphatic rings. The molecule has 0 aliphatic heterocycles. The van der Waals surface area contributed by atoms with E-state index in [4.69, 9.17) is 11.6 Å². The Balaban J connectivity index is 2.14. The molecule has 0 spiro atoms. The lowest BCUT2D eigenvalue weighted by molar-refractivity contribution is 0.196. The van der Waals surface area contributed by atoms with Crippen molar-refractivity contribution in [1.29, 1.82) is 0 Å². The van der Waals surface area contributed by atoms with Crippen molar-refractivity contribution in [3.8, 4) is 0 Å². The zero-order valence-corrected chi connectivity index (χ0v) is 11.7. The lowest BCUT2D eigenvalue weighted by atomic mass is 10.1. The lowest BCUT2D eigenvalue weighted by Crippen LogP contribution is -1.93. The third kappa shape index (κ3) is 3.29. The van der Waals surface area contributed by atoms with Crippen LogP contribution in [0.3, 0.4) is 0 Å². The van der Waals surface area contributed by atoms with E-state index in [2.05, 4.69) is 0 Å². The van der Waals surface area contributed by atoms with E-state index < -0.39 is 6.10 Å². The topological polar surface area (TPSA) is 20.2 Å². The number of aliphatic hydroxyl groups is 1. The highest BCUT2D eigenvalue weighted by atomic mass is 35.5. The second kappa shape index (κ2) is 6.28. The van der Waals surface area contributed by atoms with E-state index in [-0.39, 0.29) is 0 Å². The first kappa shape index (κ1) is 13.5. The number of halogens is 1. The van der Waals surface area contributed by atoms with Gasteiger partial charge in [-0.1, -0.05) is 48.0 Å². The van der Waals surface area contributed by atoms with Gasteiger partial charge in [0.25, 0.3) is 0 Å². The highest BCUT2D eigenvalue weighted by molar-refractivity contribution is 7.98. The standard InChI is InChI=1S/C15H15ClOS/c1-11(17)13-7-3-5-9-15(13)18-10-12-6-2-4-8-14(12)16/h2-9,11,17H,10H2,1H3/t11-/m0/s1. The molecule has 0 aromatic heterocycles. The van der Waals surface area contributed by atoms with Crippen molar-refractivity contribution in [3.63, 3.8) is 0 Å². The smallest absolute Gasteiger partial charge is 0.0772 e. The van der Waals surface area contributed by atoms with Crippen molar-refractivity contribution in [3.05, 3.63) is 64.7 Å². The van der Waals surface area contributed by atoms with Crippen molar-refractivity contribution in [1.82, 2.24) is 0 Å². The molecule has 0 amide bonds. The molecular formula is C15H15ClOS. The maximum atomic E-state index is 9.72. The number of hydrogen-bond donors (Lipinski definition) is 1. The molecule has 0 unspecified atom stereocenters. The highest BCUT2D eigenvalue weighted by Gasteiger charge is 2.08. The minimum Gasteiger partial charge on any atom is -0.389 e. The molecule has 0 radical (unpaired) electrons. The quantitative estimate of drug-likeness (QED) is 0.819. The summed E-state index contributed by atoms with van der Waals surface area (Å²) in [5.74, 6) is 0.809. The molecule has 1 atom stereocenters. The zero-order chi connectivity index (χ0) is 13.0. The zero-order valence-electron chi connectivity index (χ0n) is 10.1. The Kier molecular flexibility index (Phi) is 4.70. The Hall–Kier alpha value is -0.960. The minimum atomic E-state index is -0.444. The minimum absolute atomic E-state index is 0.444. The van der Waals surface area contributed by atoms with Gasteiger partial charge in [0.1, 0.15) is 0 Å². The summed E-state index contributed by atoms with van der Waals surface area (Å²) in [5, 5.41) is 10.5. The fourth-order valence-corrected chi connectivity index (χ4v) is 3.15. The van der Waals surface area contributed by atoms with Gasteiger partial charge in [-0.2, -0.15) is 0 Å². The number of thioether (sulfide) groups is 1. The van der Waals surface area contributed by atoms with E-state index >= 15 is 0 Å². The normalized spacial score (nSPS) is 12.4. The average molecular weight is 279 g/mol. The first-order valence-corrected chi connectivity index (χ1v) is 7.18. The van der Waals surface area contributed by atoms with Crippen LogP contribution in [-0.4, -0.2) is 5.11 Å². The van der Waals surface area contributed by atoms with E-state index in [1.165, 1.54) is 0 Å². The Morgan fingerprint density at radius 2 is 1.78 bits per heavy atom. The van der Waals surface area contributed by atoms with Crippen LogP contribution in [0.2, 0.25) is 5.02 Å². The molecule has 0 bridgehead atoms. The van der Waals surface area contributed by atoms with Crippen LogP contribution in [0.25, 0.3) is 0 Å². The monoisotopic (exact) mass is 278 g/mol. The van der Waals surface area contributed by atoms with Gasteiger partial charge in [-0.25, -0.2) is 0 Å². The van der Waals surface area contributed by atoms with E-state index in [1.807, 2.05) is 48.5 Å². The Morgan fingerprint density at radius 3 is 2.50 bits per heavy atom. The Labute approximate surface area is 117 Å². The summed E-state index contributed by atoms with van der Waals surface area (Å²) in [6, 6.07) is 15.8. The predicted molar refractivity (Wildman–Crippen MR) is 78.1 cm³/mol. The van der Waals surface area contributed by atoms with Crippen LogP contribution >= 0.6 is 23.4 Å². The summed E-state index contributed by atoms with van der Waals surface area (Å²) < 4.78 is 0. The summed E-state index contributed by atoms with van der Waals surface area (Å²) >= 11 is 7.83. The van der Waals surface area contributed by atoms with Crippen LogP contribution in [0, 0.1) is 0 Å². The number of aliphatic hydroxyl groups excluding tert-OH is 1. The number of benzene rings is 2. The van der Waals surface area contributed by atoms with Crippen molar-refractivity contribution < 1.29 is 5.11 Å². The van der Waals surface area contributed by atoms with E-state index in [1.54, 1.807) is 18.7 Å². The van der Waals surface area contributed by atoms with Gasteiger partial charge in [0, 0.05) is 15.7 Å². The number of hydrogen-bond acceptors (Lipinski definition) is 2. The summed E-state index contributed by atoms with van der Waals surface area (Å²) in [4.78, 5) is 1.10. The maximum absolute atomic E-state index is 9.72. The third-order valence-electron chi connectivity index (χ3n) is 2.71. The van der Waals surface area contributed by atoms with Crippen LogP contribution in [-0.2, 0) is 5.75 Å². The van der Waals surface area contributed by atoms with Crippen LogP contribution in [0.5, 0.6) is 0 Å². The largest absolute Gasteiger partial charge is 0.389 e. The van der Waals surface area contributed by atoms with E-state index in [9.17, 15) is 5.11 Å². The number of rotatable bonds is 4. The summed E-state index contributed by atoms with van der Waals surface area (Å²) in [6.45, 7) is 1.79. The fourth-order valence-electron chi connectivity index (χ4n) is 1.73. The molecule has 0 aliphatic carbocycles. The molecule has 94 valence electrons. The molecule has 0 saturated carbocycles. The second-order valence-corrected chi connectivity index (χ2v) is 5.52. The maximum Gasteiger partial charge on any atom is 0.0772 e. The Bertz CT molecular complexity index is 525. The van der Waals surface area contributed by atoms with Gasteiger partial charge in [0.05, 0.1) is 6.10 Å². The summed E-state index contributed by atoms with van der Waals surface area (Å²) in [6.07, 6.45) is -0.444. The van der Waals surface area contributed by atoms with Gasteiger partial charge in [-0.3, -0.25) is 0 Å². The summed E-state index contributed by atoms with van der Waals surface area (Å²) in [7, 11) is 0. The molecule has 0 heterocycles. The van der Waals surface area contributed by atoms with Crippen LogP contribution in [0.15, 0.2) is 53.4 Å².